The third-order valence-corrected chi connectivity index (χ3v) is 7.08. The highest BCUT2D eigenvalue weighted by molar-refractivity contribution is 7.22. The molecule has 0 unspecified atom stereocenters. The van der Waals surface area contributed by atoms with Crippen molar-refractivity contribution in [3.05, 3.63) is 39.6 Å². The second-order valence-electron chi connectivity index (χ2n) is 6.98. The zero-order valence-corrected chi connectivity index (χ0v) is 16.5. The highest BCUT2D eigenvalue weighted by Crippen LogP contribution is 2.43. The summed E-state index contributed by atoms with van der Waals surface area (Å²) in [5.41, 5.74) is 3.73. The number of hydrogen-bond donors (Lipinski definition) is 0. The van der Waals surface area contributed by atoms with Gasteiger partial charge >= 0.3 is 0 Å². The Morgan fingerprint density at radius 2 is 2.08 bits per heavy atom. The molecule has 0 saturated carbocycles. The molecule has 0 fully saturated rings. The number of Topliss-reactive ketones (excluding diaryl/α,β-unsaturated/α-hetero) is 1. The predicted molar refractivity (Wildman–Crippen MR) is 107 cm³/mol. The molecule has 4 rings (SSSR count). The molecule has 1 aliphatic heterocycles. The summed E-state index contributed by atoms with van der Waals surface area (Å²) in [7, 11) is 0. The molecule has 0 saturated heterocycles. The summed E-state index contributed by atoms with van der Waals surface area (Å²) in [6.45, 7) is 8.26. The van der Waals surface area contributed by atoms with Crippen molar-refractivity contribution in [2.24, 2.45) is 0 Å². The Bertz CT molecular complexity index is 905. The van der Waals surface area contributed by atoms with E-state index in [-0.39, 0.29) is 5.78 Å². The first kappa shape index (κ1) is 16.9. The van der Waals surface area contributed by atoms with Crippen LogP contribution in [0.5, 0.6) is 0 Å². The van der Waals surface area contributed by atoms with Gasteiger partial charge in [-0.05, 0) is 44.9 Å². The number of aromatic nitrogens is 1. The number of benzene rings is 1. The Morgan fingerprint density at radius 3 is 2.80 bits per heavy atom. The zero-order valence-electron chi connectivity index (χ0n) is 14.8. The highest BCUT2D eigenvalue weighted by atomic mass is 32.1. The van der Waals surface area contributed by atoms with Crippen LogP contribution in [0.25, 0.3) is 20.8 Å². The van der Waals surface area contributed by atoms with Gasteiger partial charge in [-0.15, -0.1) is 22.7 Å². The van der Waals surface area contributed by atoms with Crippen LogP contribution in [0.1, 0.15) is 36.1 Å². The molecule has 25 heavy (non-hydrogen) atoms. The SMILES string of the molecule is CC(=O)Cc1sc2c(c1-c1nc3ccccc3s1)CCN(C(C)C)C2. The summed E-state index contributed by atoms with van der Waals surface area (Å²) in [6.07, 6.45) is 1.57. The van der Waals surface area contributed by atoms with Crippen molar-refractivity contribution >= 4 is 38.7 Å². The van der Waals surface area contributed by atoms with Gasteiger partial charge in [-0.2, -0.15) is 0 Å². The minimum absolute atomic E-state index is 0.224. The van der Waals surface area contributed by atoms with Crippen molar-refractivity contribution in [1.82, 2.24) is 9.88 Å². The number of rotatable bonds is 4. The summed E-state index contributed by atoms with van der Waals surface area (Å²) in [5.74, 6) is 0.224. The van der Waals surface area contributed by atoms with E-state index in [0.29, 0.717) is 12.5 Å². The summed E-state index contributed by atoms with van der Waals surface area (Å²) in [5, 5.41) is 1.08. The lowest BCUT2D eigenvalue weighted by Gasteiger charge is -2.30. The van der Waals surface area contributed by atoms with Crippen LogP contribution in [0, 0.1) is 0 Å². The molecule has 0 radical (unpaired) electrons. The first-order chi connectivity index (χ1) is 12.0. The number of thiazole rings is 1. The van der Waals surface area contributed by atoms with Crippen LogP contribution in [0.15, 0.2) is 24.3 Å². The van der Waals surface area contributed by atoms with E-state index in [2.05, 4.69) is 36.9 Å². The van der Waals surface area contributed by atoms with Gasteiger partial charge in [0, 0.05) is 40.9 Å². The van der Waals surface area contributed by atoms with E-state index in [1.165, 1.54) is 25.6 Å². The van der Waals surface area contributed by atoms with E-state index in [1.807, 2.05) is 17.4 Å². The van der Waals surface area contributed by atoms with Crippen molar-refractivity contribution in [1.29, 1.82) is 0 Å². The van der Waals surface area contributed by atoms with E-state index < -0.39 is 0 Å². The fourth-order valence-corrected chi connectivity index (χ4v) is 6.08. The number of ketones is 1. The lowest BCUT2D eigenvalue weighted by molar-refractivity contribution is -0.116. The molecule has 1 aliphatic rings. The minimum atomic E-state index is 0.224. The van der Waals surface area contributed by atoms with Gasteiger partial charge in [-0.1, -0.05) is 12.1 Å². The quantitative estimate of drug-likeness (QED) is 0.653. The van der Waals surface area contributed by atoms with Crippen LogP contribution >= 0.6 is 22.7 Å². The molecule has 3 heterocycles. The second-order valence-corrected chi connectivity index (χ2v) is 9.20. The number of hydrogen-bond acceptors (Lipinski definition) is 5. The largest absolute Gasteiger partial charge is 0.300 e. The Labute approximate surface area is 156 Å². The van der Waals surface area contributed by atoms with Crippen molar-refractivity contribution in [2.45, 2.75) is 46.2 Å². The van der Waals surface area contributed by atoms with E-state index in [1.54, 1.807) is 18.3 Å². The van der Waals surface area contributed by atoms with Gasteiger partial charge in [0.15, 0.2) is 0 Å². The van der Waals surface area contributed by atoms with Crippen LogP contribution in [0.4, 0.5) is 0 Å². The number of thiophene rings is 1. The second kappa shape index (κ2) is 6.63. The Kier molecular flexibility index (Phi) is 4.48. The molecule has 5 heteroatoms. The van der Waals surface area contributed by atoms with Gasteiger partial charge in [0.2, 0.25) is 0 Å². The number of nitrogens with zero attached hydrogens (tertiary/aromatic N) is 2. The zero-order chi connectivity index (χ0) is 17.6. The van der Waals surface area contributed by atoms with E-state index in [9.17, 15) is 4.79 Å². The van der Waals surface area contributed by atoms with Crippen LogP contribution in [0.2, 0.25) is 0 Å². The van der Waals surface area contributed by atoms with E-state index >= 15 is 0 Å². The molecule has 0 atom stereocenters. The van der Waals surface area contributed by atoms with Crippen molar-refractivity contribution in [3.8, 4) is 10.6 Å². The lowest BCUT2D eigenvalue weighted by atomic mass is 10.00. The smallest absolute Gasteiger partial charge is 0.135 e. The Hall–Kier alpha value is -1.56. The number of carbonyl (C=O) groups excluding carboxylic acids is 1. The first-order valence-corrected chi connectivity index (χ1v) is 10.4. The predicted octanol–water partition coefficient (Wildman–Crippen LogP) is 4.92. The molecule has 0 bridgehead atoms. The van der Waals surface area contributed by atoms with Crippen molar-refractivity contribution in [3.63, 3.8) is 0 Å². The van der Waals surface area contributed by atoms with Gasteiger partial charge in [0.05, 0.1) is 10.2 Å². The summed E-state index contributed by atoms with van der Waals surface area (Å²) in [4.78, 5) is 21.8. The van der Waals surface area contributed by atoms with E-state index in [0.717, 1.165) is 30.0 Å². The fraction of sp³-hybridized carbons (Fsp3) is 0.400. The molecule has 130 valence electrons. The molecular weight excluding hydrogens is 348 g/mol. The maximum atomic E-state index is 11.8. The maximum absolute atomic E-state index is 11.8. The van der Waals surface area contributed by atoms with Gasteiger partial charge < -0.3 is 0 Å². The first-order valence-electron chi connectivity index (χ1n) is 8.75. The van der Waals surface area contributed by atoms with Crippen LogP contribution in [-0.4, -0.2) is 28.3 Å². The van der Waals surface area contributed by atoms with E-state index in [4.69, 9.17) is 4.98 Å². The summed E-state index contributed by atoms with van der Waals surface area (Å²) in [6, 6.07) is 8.84. The maximum Gasteiger partial charge on any atom is 0.135 e. The molecule has 3 aromatic rings. The standard InChI is InChI=1S/C20H22N2OS2/c1-12(2)22-9-8-14-18(11-22)24-17(10-13(3)23)19(14)20-21-15-6-4-5-7-16(15)25-20/h4-7,12H,8-11H2,1-3H3. The average Bonchev–Trinajstić information content (AvgIpc) is 3.13. The Balaban J connectivity index is 1.84. The van der Waals surface area contributed by atoms with Gasteiger partial charge in [-0.3, -0.25) is 9.69 Å². The molecule has 3 nitrogen and oxygen atoms in total. The van der Waals surface area contributed by atoms with Crippen LogP contribution in [-0.2, 0) is 24.2 Å². The third-order valence-electron chi connectivity index (χ3n) is 4.81. The van der Waals surface area contributed by atoms with Crippen molar-refractivity contribution < 1.29 is 4.79 Å². The normalized spacial score (nSPS) is 15.0. The highest BCUT2D eigenvalue weighted by Gasteiger charge is 2.27. The topological polar surface area (TPSA) is 33.2 Å². The summed E-state index contributed by atoms with van der Waals surface area (Å²) < 4.78 is 1.21. The number of carbonyl (C=O) groups is 1. The molecule has 0 aliphatic carbocycles. The minimum Gasteiger partial charge on any atom is -0.300 e. The molecular formula is C20H22N2OS2. The number of fused-ring (bicyclic) bond motifs is 2. The van der Waals surface area contributed by atoms with Crippen LogP contribution in [0.3, 0.4) is 0 Å². The monoisotopic (exact) mass is 370 g/mol. The molecule has 1 aromatic carbocycles. The average molecular weight is 371 g/mol. The lowest BCUT2D eigenvalue weighted by Crippen LogP contribution is -2.35. The van der Waals surface area contributed by atoms with Crippen molar-refractivity contribution in [2.75, 3.05) is 6.54 Å². The molecule has 0 spiro atoms. The van der Waals surface area contributed by atoms with Gasteiger partial charge in [-0.25, -0.2) is 4.98 Å². The summed E-state index contributed by atoms with van der Waals surface area (Å²) >= 11 is 3.57. The Morgan fingerprint density at radius 1 is 1.28 bits per heavy atom. The van der Waals surface area contributed by atoms with Gasteiger partial charge in [0.25, 0.3) is 0 Å². The van der Waals surface area contributed by atoms with Gasteiger partial charge in [0.1, 0.15) is 10.8 Å². The van der Waals surface area contributed by atoms with Crippen LogP contribution < -0.4 is 0 Å². The molecule has 0 amide bonds. The molecule has 2 aromatic heterocycles. The third kappa shape index (κ3) is 3.16. The molecule has 0 N–H and O–H groups in total. The fourth-order valence-electron chi connectivity index (χ4n) is 3.50. The number of para-hydroxylation sites is 1.